The van der Waals surface area contributed by atoms with Gasteiger partial charge in [0.2, 0.25) is 0 Å². The summed E-state index contributed by atoms with van der Waals surface area (Å²) in [5.41, 5.74) is 2.04. The van der Waals surface area contributed by atoms with E-state index in [9.17, 15) is 4.79 Å². The summed E-state index contributed by atoms with van der Waals surface area (Å²) in [7, 11) is 0. The average Bonchev–Trinajstić information content (AvgIpc) is 2.61. The number of Topliss-reactive ketones (excluding diaryl/α,β-unsaturated/α-hetero) is 1. The van der Waals surface area contributed by atoms with Gasteiger partial charge in [-0.15, -0.1) is 0 Å². The molecule has 0 bridgehead atoms. The largest absolute Gasteiger partial charge is 0.294 e. The van der Waals surface area contributed by atoms with Crippen molar-refractivity contribution >= 4 is 17.4 Å². The van der Waals surface area contributed by atoms with Gasteiger partial charge in [0.1, 0.15) is 5.69 Å². The van der Waals surface area contributed by atoms with Gasteiger partial charge in [-0.1, -0.05) is 11.6 Å². The van der Waals surface area contributed by atoms with Gasteiger partial charge in [0.05, 0.1) is 28.7 Å². The number of halogens is 1. The molecule has 0 saturated carbocycles. The molecule has 0 fully saturated rings. The topological polar surface area (TPSA) is 47.8 Å². The van der Waals surface area contributed by atoms with E-state index in [2.05, 4.69) is 10.1 Å². The van der Waals surface area contributed by atoms with Crippen LogP contribution in [0.15, 0.2) is 24.7 Å². The number of carbonyl (C=O) groups is 1. The minimum atomic E-state index is -0.0104. The summed E-state index contributed by atoms with van der Waals surface area (Å²) in [5, 5.41) is 4.69. The lowest BCUT2D eigenvalue weighted by atomic mass is 10.2. The van der Waals surface area contributed by atoms with Crippen molar-refractivity contribution in [3.63, 3.8) is 0 Å². The molecule has 16 heavy (non-hydrogen) atoms. The van der Waals surface area contributed by atoms with E-state index in [0.29, 0.717) is 16.3 Å². The second-order valence-electron chi connectivity index (χ2n) is 3.44. The third kappa shape index (κ3) is 1.72. The minimum absolute atomic E-state index is 0.0104. The van der Waals surface area contributed by atoms with Gasteiger partial charge in [0.25, 0.3) is 0 Å². The van der Waals surface area contributed by atoms with Crippen molar-refractivity contribution in [2.75, 3.05) is 0 Å². The first-order chi connectivity index (χ1) is 7.61. The first-order valence-electron chi connectivity index (χ1n) is 4.76. The van der Waals surface area contributed by atoms with E-state index in [1.165, 1.54) is 6.92 Å². The molecule has 2 aromatic rings. The minimum Gasteiger partial charge on any atom is -0.294 e. The normalized spacial score (nSPS) is 10.4. The molecule has 0 aliphatic rings. The Labute approximate surface area is 97.9 Å². The summed E-state index contributed by atoms with van der Waals surface area (Å²) in [6.07, 6.45) is 4.77. The first kappa shape index (κ1) is 10.8. The molecule has 82 valence electrons. The number of nitrogens with zero attached hydrogens (tertiary/aromatic N) is 3. The molecule has 5 heteroatoms. The van der Waals surface area contributed by atoms with Crippen LogP contribution in [0.4, 0.5) is 0 Å². The predicted molar refractivity (Wildman–Crippen MR) is 61.1 cm³/mol. The Bertz CT molecular complexity index is 548. The number of rotatable bonds is 2. The van der Waals surface area contributed by atoms with Gasteiger partial charge in [-0.25, -0.2) is 4.68 Å². The van der Waals surface area contributed by atoms with Gasteiger partial charge in [0.15, 0.2) is 5.78 Å². The maximum atomic E-state index is 11.3. The molecule has 0 radical (unpaired) electrons. The van der Waals surface area contributed by atoms with Crippen molar-refractivity contribution in [2.45, 2.75) is 13.8 Å². The van der Waals surface area contributed by atoms with Crippen molar-refractivity contribution < 1.29 is 4.79 Å². The molecule has 0 atom stereocenters. The highest BCUT2D eigenvalue weighted by Crippen LogP contribution is 2.21. The van der Waals surface area contributed by atoms with Crippen LogP contribution in [-0.4, -0.2) is 20.5 Å². The van der Waals surface area contributed by atoms with Crippen molar-refractivity contribution in [3.05, 3.63) is 40.9 Å². The van der Waals surface area contributed by atoms with E-state index in [4.69, 9.17) is 11.6 Å². The molecule has 0 aliphatic carbocycles. The highest BCUT2D eigenvalue weighted by molar-refractivity contribution is 6.32. The summed E-state index contributed by atoms with van der Waals surface area (Å²) in [6, 6.07) is 1.69. The summed E-state index contributed by atoms with van der Waals surface area (Å²) in [6.45, 7) is 3.34. The predicted octanol–water partition coefficient (Wildman–Crippen LogP) is 2.43. The fourth-order valence-electron chi connectivity index (χ4n) is 1.52. The monoisotopic (exact) mass is 235 g/mol. The molecule has 2 rings (SSSR count). The number of carbonyl (C=O) groups excluding carboxylic acids is 1. The number of hydrogen-bond acceptors (Lipinski definition) is 3. The number of hydrogen-bond donors (Lipinski definition) is 0. The van der Waals surface area contributed by atoms with Gasteiger partial charge in [0, 0.05) is 6.20 Å². The van der Waals surface area contributed by atoms with Crippen LogP contribution in [0.1, 0.15) is 23.0 Å². The van der Waals surface area contributed by atoms with Crippen LogP contribution in [0.5, 0.6) is 0 Å². The Hall–Kier alpha value is -1.68. The average molecular weight is 236 g/mol. The van der Waals surface area contributed by atoms with Crippen LogP contribution in [0.2, 0.25) is 5.02 Å². The fraction of sp³-hybridized carbons (Fsp3) is 0.182. The lowest BCUT2D eigenvalue weighted by Gasteiger charge is -2.05. The van der Waals surface area contributed by atoms with E-state index in [1.54, 1.807) is 29.3 Å². The summed E-state index contributed by atoms with van der Waals surface area (Å²) in [5.74, 6) is -0.0104. The van der Waals surface area contributed by atoms with E-state index in [-0.39, 0.29) is 5.78 Å². The molecule has 2 aromatic heterocycles. The lowest BCUT2D eigenvalue weighted by molar-refractivity contribution is 0.101. The van der Waals surface area contributed by atoms with E-state index < -0.39 is 0 Å². The zero-order valence-corrected chi connectivity index (χ0v) is 9.69. The number of pyridine rings is 1. The Morgan fingerprint density at radius 3 is 2.75 bits per heavy atom. The third-order valence-electron chi connectivity index (χ3n) is 2.37. The van der Waals surface area contributed by atoms with Crippen LogP contribution in [0, 0.1) is 6.92 Å². The third-order valence-corrected chi connectivity index (χ3v) is 2.69. The van der Waals surface area contributed by atoms with Crippen LogP contribution in [0.25, 0.3) is 5.69 Å². The zero-order chi connectivity index (χ0) is 11.7. The highest BCUT2D eigenvalue weighted by atomic mass is 35.5. The van der Waals surface area contributed by atoms with Gasteiger partial charge in [-0.3, -0.25) is 9.78 Å². The molecule has 0 N–H and O–H groups in total. The maximum Gasteiger partial charge on any atom is 0.163 e. The van der Waals surface area contributed by atoms with Crippen LogP contribution in [0.3, 0.4) is 0 Å². The highest BCUT2D eigenvalue weighted by Gasteiger charge is 2.13. The van der Waals surface area contributed by atoms with Crippen molar-refractivity contribution in [1.82, 2.24) is 14.8 Å². The Morgan fingerprint density at radius 2 is 2.19 bits per heavy atom. The summed E-state index contributed by atoms with van der Waals surface area (Å²) < 4.78 is 1.62. The van der Waals surface area contributed by atoms with Gasteiger partial charge in [-0.05, 0) is 19.9 Å². The SMILES string of the molecule is CC(=O)c1cnn(-c2cnccc2Cl)c1C. The molecule has 0 aliphatic heterocycles. The zero-order valence-electron chi connectivity index (χ0n) is 8.94. The summed E-state index contributed by atoms with van der Waals surface area (Å²) >= 11 is 6.03. The first-order valence-corrected chi connectivity index (χ1v) is 5.14. The van der Waals surface area contributed by atoms with Crippen LogP contribution >= 0.6 is 11.6 Å². The Morgan fingerprint density at radius 1 is 1.44 bits per heavy atom. The number of aromatic nitrogens is 3. The Kier molecular flexibility index (Phi) is 2.75. The Balaban J connectivity index is 2.58. The standard InChI is InChI=1S/C11H10ClN3O/c1-7-9(8(2)16)5-14-15(7)11-6-13-4-3-10(11)12/h3-6H,1-2H3. The quantitative estimate of drug-likeness (QED) is 0.751. The molecule has 0 spiro atoms. The van der Waals surface area contributed by atoms with Gasteiger partial charge >= 0.3 is 0 Å². The smallest absolute Gasteiger partial charge is 0.163 e. The summed E-state index contributed by atoms with van der Waals surface area (Å²) in [4.78, 5) is 15.3. The second-order valence-corrected chi connectivity index (χ2v) is 3.85. The molecule has 0 amide bonds. The fourth-order valence-corrected chi connectivity index (χ4v) is 1.71. The van der Waals surface area contributed by atoms with Crippen LogP contribution in [-0.2, 0) is 0 Å². The van der Waals surface area contributed by atoms with Crippen LogP contribution < -0.4 is 0 Å². The van der Waals surface area contributed by atoms with E-state index >= 15 is 0 Å². The molecular weight excluding hydrogens is 226 g/mol. The molecular formula is C11H10ClN3O. The van der Waals surface area contributed by atoms with E-state index in [1.807, 2.05) is 6.92 Å². The lowest BCUT2D eigenvalue weighted by Crippen LogP contribution is -2.02. The van der Waals surface area contributed by atoms with Gasteiger partial charge < -0.3 is 0 Å². The molecule has 0 saturated heterocycles. The van der Waals surface area contributed by atoms with Crippen molar-refractivity contribution in [1.29, 1.82) is 0 Å². The molecule has 4 nitrogen and oxygen atoms in total. The molecule has 0 aromatic carbocycles. The van der Waals surface area contributed by atoms with Crippen molar-refractivity contribution in [2.24, 2.45) is 0 Å². The van der Waals surface area contributed by atoms with E-state index in [0.717, 1.165) is 5.69 Å². The second kappa shape index (κ2) is 4.06. The molecule has 0 unspecified atom stereocenters. The van der Waals surface area contributed by atoms with Crippen molar-refractivity contribution in [3.8, 4) is 5.69 Å². The molecule has 2 heterocycles. The maximum absolute atomic E-state index is 11.3. The number of ketones is 1. The van der Waals surface area contributed by atoms with Gasteiger partial charge in [-0.2, -0.15) is 5.10 Å².